The van der Waals surface area contributed by atoms with Gasteiger partial charge < -0.3 is 9.47 Å². The highest BCUT2D eigenvalue weighted by atomic mass is 79.9. The highest BCUT2D eigenvalue weighted by molar-refractivity contribution is 9.10. The molecule has 0 radical (unpaired) electrons. The van der Waals surface area contributed by atoms with E-state index in [1.165, 1.54) is 6.42 Å². The van der Waals surface area contributed by atoms with Crippen molar-refractivity contribution in [3.63, 3.8) is 0 Å². The van der Waals surface area contributed by atoms with Crippen LogP contribution in [-0.4, -0.2) is 24.2 Å². The molecule has 0 N–H and O–H groups in total. The first-order chi connectivity index (χ1) is 11.2. The first-order valence-corrected chi connectivity index (χ1v) is 8.92. The minimum atomic E-state index is 0.217. The molecule has 0 aliphatic carbocycles. The summed E-state index contributed by atoms with van der Waals surface area (Å²) in [6, 6.07) is 16.1. The molecule has 1 aliphatic heterocycles. The van der Waals surface area contributed by atoms with Gasteiger partial charge in [-0.05, 0) is 61.3 Å². The zero-order valence-corrected chi connectivity index (χ0v) is 15.0. The van der Waals surface area contributed by atoms with Crippen LogP contribution >= 0.6 is 15.9 Å². The molecule has 4 heteroatoms. The van der Waals surface area contributed by atoms with Crippen molar-refractivity contribution in [2.24, 2.45) is 0 Å². The van der Waals surface area contributed by atoms with E-state index in [0.29, 0.717) is 6.61 Å². The zero-order chi connectivity index (χ0) is 16.1. The normalized spacial score (nSPS) is 18.1. The van der Waals surface area contributed by atoms with Gasteiger partial charge in [-0.1, -0.05) is 35.0 Å². The van der Waals surface area contributed by atoms with E-state index in [0.717, 1.165) is 41.0 Å². The fraction of sp³-hybridized carbons (Fsp3) is 0.368. The average molecular weight is 376 g/mol. The van der Waals surface area contributed by atoms with Crippen LogP contribution in [0.5, 0.6) is 11.5 Å². The van der Waals surface area contributed by atoms with Gasteiger partial charge in [-0.15, -0.1) is 0 Å². The Morgan fingerprint density at radius 2 is 1.74 bits per heavy atom. The Morgan fingerprint density at radius 3 is 2.43 bits per heavy atom. The number of ether oxygens (including phenoxy) is 2. The molecule has 0 aromatic heterocycles. The third-order valence-electron chi connectivity index (χ3n) is 4.12. The average Bonchev–Trinajstić information content (AvgIpc) is 3.03. The molecule has 2 aromatic rings. The van der Waals surface area contributed by atoms with Crippen LogP contribution in [0.4, 0.5) is 0 Å². The molecule has 2 aromatic carbocycles. The fourth-order valence-electron chi connectivity index (χ4n) is 2.81. The monoisotopic (exact) mass is 375 g/mol. The van der Waals surface area contributed by atoms with E-state index >= 15 is 0 Å². The molecule has 0 bridgehead atoms. The fourth-order valence-corrected chi connectivity index (χ4v) is 3.07. The number of likely N-dealkylation sites (tertiary alicyclic amines) is 1. The smallest absolute Gasteiger partial charge is 0.152 e. The van der Waals surface area contributed by atoms with Crippen molar-refractivity contribution in [3.8, 4) is 11.5 Å². The van der Waals surface area contributed by atoms with Gasteiger partial charge in [-0.2, -0.15) is 0 Å². The molecule has 23 heavy (non-hydrogen) atoms. The predicted octanol–water partition coefficient (Wildman–Crippen LogP) is 4.85. The third-order valence-corrected chi connectivity index (χ3v) is 4.65. The molecule has 0 spiro atoms. The van der Waals surface area contributed by atoms with Crippen molar-refractivity contribution >= 4 is 15.9 Å². The summed E-state index contributed by atoms with van der Waals surface area (Å²) in [5.74, 6) is 1.77. The van der Waals surface area contributed by atoms with Crippen molar-refractivity contribution in [2.75, 3.05) is 13.1 Å². The van der Waals surface area contributed by atoms with Gasteiger partial charge in [0, 0.05) is 11.0 Å². The van der Waals surface area contributed by atoms with Gasteiger partial charge in [-0.25, -0.2) is 0 Å². The molecule has 1 fully saturated rings. The number of hydrogen-bond acceptors (Lipinski definition) is 3. The Bertz CT molecular complexity index is 612. The first kappa shape index (κ1) is 16.3. The highest BCUT2D eigenvalue weighted by Gasteiger charge is 2.24. The zero-order valence-electron chi connectivity index (χ0n) is 13.4. The van der Waals surface area contributed by atoms with E-state index in [1.807, 2.05) is 36.4 Å². The maximum atomic E-state index is 6.07. The molecule has 3 nitrogen and oxygen atoms in total. The van der Waals surface area contributed by atoms with Crippen LogP contribution in [0.2, 0.25) is 0 Å². The van der Waals surface area contributed by atoms with Crippen LogP contribution in [0, 0.1) is 0 Å². The minimum Gasteiger partial charge on any atom is -0.489 e. The van der Waals surface area contributed by atoms with E-state index in [-0.39, 0.29) is 6.23 Å². The Labute approximate surface area is 146 Å². The van der Waals surface area contributed by atoms with Crippen LogP contribution in [-0.2, 0) is 6.61 Å². The van der Waals surface area contributed by atoms with Gasteiger partial charge in [0.15, 0.2) is 6.23 Å². The Balaban J connectivity index is 1.53. The predicted molar refractivity (Wildman–Crippen MR) is 95.8 cm³/mol. The summed E-state index contributed by atoms with van der Waals surface area (Å²) in [7, 11) is 0. The maximum Gasteiger partial charge on any atom is 0.152 e. The summed E-state index contributed by atoms with van der Waals surface area (Å²) in [4.78, 5) is 2.37. The van der Waals surface area contributed by atoms with Crippen molar-refractivity contribution in [3.05, 3.63) is 58.6 Å². The van der Waals surface area contributed by atoms with E-state index < -0.39 is 0 Å². The number of halogens is 1. The van der Waals surface area contributed by atoms with Crippen LogP contribution in [0.25, 0.3) is 0 Å². The lowest BCUT2D eigenvalue weighted by molar-refractivity contribution is 0.0649. The summed E-state index contributed by atoms with van der Waals surface area (Å²) in [5, 5.41) is 0. The van der Waals surface area contributed by atoms with Crippen LogP contribution in [0.1, 0.15) is 25.3 Å². The summed E-state index contributed by atoms with van der Waals surface area (Å²) in [5.41, 5.74) is 1.15. The van der Waals surface area contributed by atoms with Gasteiger partial charge in [-0.3, -0.25) is 4.90 Å². The molecular weight excluding hydrogens is 354 g/mol. The lowest BCUT2D eigenvalue weighted by Gasteiger charge is -2.23. The molecule has 1 saturated heterocycles. The topological polar surface area (TPSA) is 21.7 Å². The highest BCUT2D eigenvalue weighted by Crippen LogP contribution is 2.24. The maximum absolute atomic E-state index is 6.07. The standard InChI is InChI=1S/C19H22BrNO2/c1-2-21-13-3-4-19(21)23-18-11-9-17(10-12-18)22-14-15-5-7-16(20)8-6-15/h5-12,19H,2-4,13-14H2,1H3. The van der Waals surface area contributed by atoms with Gasteiger partial charge in [0.25, 0.3) is 0 Å². The van der Waals surface area contributed by atoms with E-state index in [1.54, 1.807) is 0 Å². The molecule has 1 heterocycles. The Kier molecular flexibility index (Phi) is 5.57. The molecule has 0 amide bonds. The van der Waals surface area contributed by atoms with E-state index in [9.17, 15) is 0 Å². The lowest BCUT2D eigenvalue weighted by Crippen LogP contribution is -2.33. The second kappa shape index (κ2) is 7.84. The molecular formula is C19H22BrNO2. The molecule has 122 valence electrons. The molecule has 1 aliphatic rings. The Morgan fingerprint density at radius 1 is 1.04 bits per heavy atom. The van der Waals surface area contributed by atoms with Gasteiger partial charge in [0.05, 0.1) is 0 Å². The largest absolute Gasteiger partial charge is 0.489 e. The van der Waals surface area contributed by atoms with Crippen molar-refractivity contribution in [1.82, 2.24) is 4.90 Å². The quantitative estimate of drug-likeness (QED) is 0.720. The van der Waals surface area contributed by atoms with Crippen LogP contribution in [0.3, 0.4) is 0 Å². The molecule has 0 saturated carbocycles. The van der Waals surface area contributed by atoms with Crippen molar-refractivity contribution in [1.29, 1.82) is 0 Å². The first-order valence-electron chi connectivity index (χ1n) is 8.12. The van der Waals surface area contributed by atoms with Crippen LogP contribution in [0.15, 0.2) is 53.0 Å². The van der Waals surface area contributed by atoms with Gasteiger partial charge >= 0.3 is 0 Å². The minimum absolute atomic E-state index is 0.217. The number of benzene rings is 2. The summed E-state index contributed by atoms with van der Waals surface area (Å²) >= 11 is 3.44. The molecule has 3 rings (SSSR count). The van der Waals surface area contributed by atoms with Gasteiger partial charge in [0.1, 0.15) is 18.1 Å². The summed E-state index contributed by atoms with van der Waals surface area (Å²) < 4.78 is 13.0. The summed E-state index contributed by atoms with van der Waals surface area (Å²) in [6.07, 6.45) is 2.54. The summed E-state index contributed by atoms with van der Waals surface area (Å²) in [6.45, 7) is 4.93. The van der Waals surface area contributed by atoms with Gasteiger partial charge in [0.2, 0.25) is 0 Å². The van der Waals surface area contributed by atoms with Crippen molar-refractivity contribution < 1.29 is 9.47 Å². The van der Waals surface area contributed by atoms with Crippen LogP contribution < -0.4 is 9.47 Å². The third kappa shape index (κ3) is 4.49. The van der Waals surface area contributed by atoms with E-state index in [4.69, 9.17) is 9.47 Å². The second-order valence-electron chi connectivity index (χ2n) is 5.73. The Hall–Kier alpha value is -1.52. The molecule has 1 unspecified atom stereocenters. The second-order valence-corrected chi connectivity index (χ2v) is 6.65. The SMILES string of the molecule is CCN1CCCC1Oc1ccc(OCc2ccc(Br)cc2)cc1. The lowest BCUT2D eigenvalue weighted by atomic mass is 10.2. The van der Waals surface area contributed by atoms with Crippen molar-refractivity contribution in [2.45, 2.75) is 32.6 Å². The number of nitrogens with zero attached hydrogens (tertiary/aromatic N) is 1. The molecule has 1 atom stereocenters. The number of hydrogen-bond donors (Lipinski definition) is 0. The van der Waals surface area contributed by atoms with E-state index in [2.05, 4.69) is 39.9 Å². The number of rotatable bonds is 6.